The zero-order chi connectivity index (χ0) is 21.4. The summed E-state index contributed by atoms with van der Waals surface area (Å²) in [6.07, 6.45) is 8.49. The normalized spacial score (nSPS) is 23.0. The first-order valence-electron chi connectivity index (χ1n) is 11.3. The third kappa shape index (κ3) is 3.91. The standard InChI is InChI=1S/C25H29ClN4O/c1-16(2)30-13-12-21(26)23(24-25(30)20-14-27-28-15-22(20)29-24)17-8-10-19(11-9-17)31-18-6-4-3-5-7-18/h3-7,12,15-17,19,29H,8-11,13-14H2,1-2H3. The number of halogens is 1. The maximum atomic E-state index is 6.94. The predicted molar refractivity (Wildman–Crippen MR) is 126 cm³/mol. The maximum absolute atomic E-state index is 6.94. The van der Waals surface area contributed by atoms with Gasteiger partial charge in [-0.2, -0.15) is 10.2 Å². The van der Waals surface area contributed by atoms with E-state index in [2.05, 4.69) is 40.0 Å². The fourth-order valence-electron chi connectivity index (χ4n) is 5.07. The van der Waals surface area contributed by atoms with Crippen LogP contribution in [0, 0.1) is 5.92 Å². The molecular weight excluding hydrogens is 408 g/mol. The molecule has 0 bridgehead atoms. The molecule has 0 atom stereocenters. The first kappa shape index (κ1) is 20.4. The van der Waals surface area contributed by atoms with Crippen LogP contribution in [0.4, 0.5) is 5.69 Å². The summed E-state index contributed by atoms with van der Waals surface area (Å²) in [5, 5.41) is 11.5. The van der Waals surface area contributed by atoms with Crippen molar-refractivity contribution in [3.05, 3.63) is 57.7 Å². The second-order valence-electron chi connectivity index (χ2n) is 8.90. The van der Waals surface area contributed by atoms with Crippen molar-refractivity contribution in [3.63, 3.8) is 0 Å². The Morgan fingerprint density at radius 3 is 2.65 bits per heavy atom. The Labute approximate surface area is 188 Å². The highest BCUT2D eigenvalue weighted by Gasteiger charge is 2.31. The number of nitrogens with zero attached hydrogens (tertiary/aromatic N) is 3. The quantitative estimate of drug-likeness (QED) is 0.744. The van der Waals surface area contributed by atoms with E-state index in [1.165, 1.54) is 16.8 Å². The van der Waals surface area contributed by atoms with E-state index in [1.54, 1.807) is 0 Å². The van der Waals surface area contributed by atoms with Crippen molar-refractivity contribution in [2.24, 2.45) is 16.1 Å². The number of H-pyrrole nitrogens is 1. The molecule has 0 saturated heterocycles. The number of aromatic amines is 1. The van der Waals surface area contributed by atoms with Crippen LogP contribution in [-0.4, -0.2) is 23.7 Å². The molecule has 1 aromatic carbocycles. The van der Waals surface area contributed by atoms with E-state index in [0.717, 1.165) is 53.7 Å². The molecule has 3 aliphatic rings. The maximum Gasteiger partial charge on any atom is 0.119 e. The van der Waals surface area contributed by atoms with Crippen molar-refractivity contribution in [2.75, 3.05) is 11.4 Å². The number of allylic oxidation sites excluding steroid dienone is 1. The Bertz CT molecular complexity index is 1120. The van der Waals surface area contributed by atoms with Gasteiger partial charge in [0.1, 0.15) is 5.75 Å². The van der Waals surface area contributed by atoms with Gasteiger partial charge in [-0.05, 0) is 69.2 Å². The molecule has 0 amide bonds. The van der Waals surface area contributed by atoms with Gasteiger partial charge in [-0.15, -0.1) is 0 Å². The number of nitrogens with one attached hydrogen (secondary N) is 1. The average Bonchev–Trinajstić information content (AvgIpc) is 3.07. The summed E-state index contributed by atoms with van der Waals surface area (Å²) < 4.78 is 6.22. The molecule has 1 saturated carbocycles. The molecule has 0 spiro atoms. The molecule has 6 heteroatoms. The molecule has 5 nitrogen and oxygen atoms in total. The number of para-hydroxylation sites is 1. The van der Waals surface area contributed by atoms with Crippen LogP contribution >= 0.6 is 11.6 Å². The second-order valence-corrected chi connectivity index (χ2v) is 9.31. The molecule has 1 N–H and O–H groups in total. The summed E-state index contributed by atoms with van der Waals surface area (Å²) in [4.78, 5) is 6.09. The molecule has 2 aliphatic heterocycles. The van der Waals surface area contributed by atoms with E-state index in [-0.39, 0.29) is 6.10 Å². The largest absolute Gasteiger partial charge is 0.490 e. The highest BCUT2D eigenvalue weighted by molar-refractivity contribution is 6.36. The number of azo groups is 1. The molecule has 5 rings (SSSR count). The van der Waals surface area contributed by atoms with Gasteiger partial charge in [-0.1, -0.05) is 29.8 Å². The minimum Gasteiger partial charge on any atom is -0.490 e. The molecule has 0 unspecified atom stereocenters. The lowest BCUT2D eigenvalue weighted by molar-refractivity contribution is 0.143. The molecule has 31 heavy (non-hydrogen) atoms. The van der Waals surface area contributed by atoms with Crippen molar-refractivity contribution >= 4 is 29.1 Å². The summed E-state index contributed by atoms with van der Waals surface area (Å²) >= 11 is 6.94. The van der Waals surface area contributed by atoms with E-state index in [9.17, 15) is 0 Å². The Balaban J connectivity index is 1.49. The smallest absolute Gasteiger partial charge is 0.119 e. The third-order valence-electron chi connectivity index (χ3n) is 6.64. The van der Waals surface area contributed by atoms with Gasteiger partial charge in [0.05, 0.1) is 35.2 Å². The van der Waals surface area contributed by atoms with Crippen LogP contribution in [0.15, 0.2) is 51.7 Å². The summed E-state index contributed by atoms with van der Waals surface area (Å²) in [7, 11) is 0. The lowest BCUT2D eigenvalue weighted by atomic mass is 9.81. The minimum atomic E-state index is 0.266. The van der Waals surface area contributed by atoms with Gasteiger partial charge < -0.3 is 14.6 Å². The Kier molecular flexibility index (Phi) is 5.61. The van der Waals surface area contributed by atoms with Crippen molar-refractivity contribution in [1.82, 2.24) is 4.98 Å². The molecule has 1 aliphatic carbocycles. The lowest BCUT2D eigenvalue weighted by Gasteiger charge is -2.30. The van der Waals surface area contributed by atoms with E-state index in [0.29, 0.717) is 18.5 Å². The van der Waals surface area contributed by atoms with E-state index in [1.807, 2.05) is 36.5 Å². The number of aromatic nitrogens is 1. The highest BCUT2D eigenvalue weighted by Crippen LogP contribution is 2.38. The summed E-state index contributed by atoms with van der Waals surface area (Å²) in [5.41, 5.74) is 3.74. The number of anilines is 1. The first-order chi connectivity index (χ1) is 15.1. The zero-order valence-electron chi connectivity index (χ0n) is 18.1. The Hall–Kier alpha value is -2.53. The van der Waals surface area contributed by atoms with Gasteiger partial charge in [-0.3, -0.25) is 0 Å². The molecule has 162 valence electrons. The number of rotatable bonds is 4. The summed E-state index contributed by atoms with van der Waals surface area (Å²) in [5.74, 6) is 1.38. The van der Waals surface area contributed by atoms with Crippen LogP contribution < -0.4 is 20.3 Å². The lowest BCUT2D eigenvalue weighted by Crippen LogP contribution is -2.35. The monoisotopic (exact) mass is 436 g/mol. The van der Waals surface area contributed by atoms with Gasteiger partial charge in [0.2, 0.25) is 0 Å². The van der Waals surface area contributed by atoms with Gasteiger partial charge in [0, 0.05) is 23.2 Å². The van der Waals surface area contributed by atoms with E-state index >= 15 is 0 Å². The number of fused-ring (bicyclic) bond motifs is 3. The topological polar surface area (TPSA) is 53.0 Å². The van der Waals surface area contributed by atoms with Crippen molar-refractivity contribution in [2.45, 2.75) is 58.2 Å². The zero-order valence-corrected chi connectivity index (χ0v) is 18.9. The Morgan fingerprint density at radius 1 is 1.13 bits per heavy atom. The molecular formula is C25H29ClN4O. The third-order valence-corrected chi connectivity index (χ3v) is 7.00. The van der Waals surface area contributed by atoms with Gasteiger partial charge in [-0.25, -0.2) is 0 Å². The minimum absolute atomic E-state index is 0.266. The molecule has 1 fully saturated rings. The molecule has 2 aromatic rings. The first-order valence-corrected chi connectivity index (χ1v) is 11.7. The second kappa shape index (κ2) is 8.54. The van der Waals surface area contributed by atoms with Crippen LogP contribution in [-0.2, 0) is 6.54 Å². The molecule has 0 radical (unpaired) electrons. The van der Waals surface area contributed by atoms with E-state index < -0.39 is 0 Å². The summed E-state index contributed by atoms with van der Waals surface area (Å²) in [6, 6.07) is 10.5. The average molecular weight is 437 g/mol. The summed E-state index contributed by atoms with van der Waals surface area (Å²) in [6.45, 7) is 5.89. The van der Waals surface area contributed by atoms with Crippen molar-refractivity contribution in [1.29, 1.82) is 0 Å². The highest BCUT2D eigenvalue weighted by atomic mass is 35.5. The number of ether oxygens (including phenoxy) is 1. The number of hydrogen-bond donors (Lipinski definition) is 1. The van der Waals surface area contributed by atoms with Crippen LogP contribution in [0.1, 0.15) is 45.1 Å². The van der Waals surface area contributed by atoms with Crippen LogP contribution in [0.2, 0.25) is 0 Å². The Morgan fingerprint density at radius 2 is 1.90 bits per heavy atom. The van der Waals surface area contributed by atoms with Crippen molar-refractivity contribution in [3.8, 4) is 5.75 Å². The SMILES string of the molecule is CC(C)N1CC=C(Cl)C(C2CCC(Oc3ccccc3)CC2)=c2[nH]c3c(c21)CN=NC=3. The fraction of sp³-hybridized carbons (Fsp3) is 0.440. The fourth-order valence-corrected chi connectivity index (χ4v) is 5.39. The molecule has 3 heterocycles. The van der Waals surface area contributed by atoms with Gasteiger partial charge >= 0.3 is 0 Å². The van der Waals surface area contributed by atoms with Crippen molar-refractivity contribution < 1.29 is 4.74 Å². The predicted octanol–water partition coefficient (Wildman–Crippen LogP) is 4.86. The molecule has 1 aromatic heterocycles. The van der Waals surface area contributed by atoms with Crippen LogP contribution in [0.3, 0.4) is 0 Å². The van der Waals surface area contributed by atoms with Crippen LogP contribution in [0.5, 0.6) is 5.75 Å². The van der Waals surface area contributed by atoms with E-state index in [4.69, 9.17) is 16.3 Å². The van der Waals surface area contributed by atoms with Gasteiger partial charge in [0.25, 0.3) is 0 Å². The number of hydrogen-bond acceptors (Lipinski definition) is 4. The van der Waals surface area contributed by atoms with Gasteiger partial charge in [0.15, 0.2) is 0 Å². The number of benzene rings is 1. The van der Waals surface area contributed by atoms with Crippen LogP contribution in [0.25, 0.3) is 11.8 Å².